The van der Waals surface area contributed by atoms with Gasteiger partial charge in [-0.15, -0.1) is 0 Å². The number of pyridine rings is 1. The maximum Gasteiger partial charge on any atom is 0.264 e. The number of methoxy groups -OCH3 is 1. The minimum atomic E-state index is -0.242. The van der Waals surface area contributed by atoms with Crippen molar-refractivity contribution in [1.82, 2.24) is 15.0 Å². The number of benzene rings is 2. The number of ether oxygens (including phenoxy) is 1. The first-order valence-corrected chi connectivity index (χ1v) is 11.0. The molecule has 1 aliphatic rings. The molecule has 1 amide bonds. The van der Waals surface area contributed by atoms with Crippen LogP contribution in [0.3, 0.4) is 0 Å². The standard InChI is InChI=1S/C25H22ClN3O4/c1-14-22-24(28-33-14)23-18(26)7-5-8-19(23)29(25(22)31)17-11-10-16(13-17)27-21(30)12-15-6-3-4-9-20(15)32-2/h3-11,16-17H,12-13H2,1-2H3,(H,27,30). The van der Waals surface area contributed by atoms with E-state index in [1.54, 1.807) is 24.7 Å². The fourth-order valence-corrected chi connectivity index (χ4v) is 4.82. The molecule has 2 aromatic heterocycles. The molecular formula is C25H22ClN3O4. The number of amides is 1. The average Bonchev–Trinajstić information content (AvgIpc) is 3.41. The van der Waals surface area contributed by atoms with Crippen LogP contribution in [0.25, 0.3) is 21.8 Å². The first-order valence-electron chi connectivity index (χ1n) is 10.7. The number of aryl methyl sites for hydroxylation is 1. The van der Waals surface area contributed by atoms with E-state index in [1.807, 2.05) is 48.6 Å². The van der Waals surface area contributed by atoms with E-state index in [1.165, 1.54) is 0 Å². The van der Waals surface area contributed by atoms with Crippen LogP contribution in [-0.4, -0.2) is 28.8 Å². The van der Waals surface area contributed by atoms with Crippen LogP contribution in [-0.2, 0) is 11.2 Å². The maximum atomic E-state index is 13.4. The summed E-state index contributed by atoms with van der Waals surface area (Å²) < 4.78 is 12.4. The van der Waals surface area contributed by atoms with Crippen LogP contribution in [0.1, 0.15) is 23.8 Å². The number of halogens is 1. The fraction of sp³-hybridized carbons (Fsp3) is 0.240. The first kappa shape index (κ1) is 21.3. The summed E-state index contributed by atoms with van der Waals surface area (Å²) in [6.45, 7) is 1.72. The molecule has 33 heavy (non-hydrogen) atoms. The van der Waals surface area contributed by atoms with E-state index in [4.69, 9.17) is 20.9 Å². The fourth-order valence-electron chi connectivity index (χ4n) is 4.56. The molecule has 168 valence electrons. The monoisotopic (exact) mass is 463 g/mol. The molecule has 5 rings (SSSR count). The van der Waals surface area contributed by atoms with E-state index in [0.29, 0.717) is 44.8 Å². The zero-order valence-electron chi connectivity index (χ0n) is 18.2. The van der Waals surface area contributed by atoms with Crippen molar-refractivity contribution in [3.63, 3.8) is 0 Å². The number of fused-ring (bicyclic) bond motifs is 3. The number of rotatable bonds is 5. The highest BCUT2D eigenvalue weighted by Crippen LogP contribution is 2.33. The maximum absolute atomic E-state index is 13.4. The minimum Gasteiger partial charge on any atom is -0.496 e. The molecule has 0 aliphatic heterocycles. The molecule has 2 aromatic carbocycles. The van der Waals surface area contributed by atoms with Gasteiger partial charge in [-0.25, -0.2) is 0 Å². The van der Waals surface area contributed by atoms with Crippen LogP contribution < -0.4 is 15.6 Å². The Balaban J connectivity index is 1.43. The Morgan fingerprint density at radius 1 is 1.21 bits per heavy atom. The molecule has 0 spiro atoms. The Morgan fingerprint density at radius 3 is 2.85 bits per heavy atom. The van der Waals surface area contributed by atoms with Gasteiger partial charge in [-0.05, 0) is 31.5 Å². The summed E-state index contributed by atoms with van der Waals surface area (Å²) in [5, 5.41) is 8.74. The van der Waals surface area contributed by atoms with Gasteiger partial charge in [0.15, 0.2) is 0 Å². The Hall–Kier alpha value is -3.58. The average molecular weight is 464 g/mol. The number of aromatic nitrogens is 2. The largest absolute Gasteiger partial charge is 0.496 e. The first-order chi connectivity index (χ1) is 16.0. The summed E-state index contributed by atoms with van der Waals surface area (Å²) in [6.07, 6.45) is 4.64. The van der Waals surface area contributed by atoms with Gasteiger partial charge in [-0.2, -0.15) is 0 Å². The second kappa shape index (κ2) is 8.41. The van der Waals surface area contributed by atoms with Gasteiger partial charge in [0.1, 0.15) is 22.4 Å². The highest BCUT2D eigenvalue weighted by Gasteiger charge is 2.27. The topological polar surface area (TPSA) is 86.4 Å². The Kier molecular flexibility index (Phi) is 5.42. The van der Waals surface area contributed by atoms with Crippen molar-refractivity contribution in [3.05, 3.63) is 81.3 Å². The van der Waals surface area contributed by atoms with Crippen molar-refractivity contribution in [3.8, 4) is 5.75 Å². The van der Waals surface area contributed by atoms with Crippen molar-refractivity contribution in [2.75, 3.05) is 7.11 Å². The molecular weight excluding hydrogens is 442 g/mol. The molecule has 0 bridgehead atoms. The SMILES string of the molecule is COc1ccccc1CC(=O)NC1C=CC(n2c(=O)c3c(C)onc3c3c(Cl)cccc32)C1. The molecule has 0 saturated heterocycles. The van der Waals surface area contributed by atoms with Crippen LogP contribution in [0.5, 0.6) is 5.75 Å². The lowest BCUT2D eigenvalue weighted by molar-refractivity contribution is -0.120. The molecule has 2 atom stereocenters. The quantitative estimate of drug-likeness (QED) is 0.445. The molecule has 8 heteroatoms. The number of nitrogens with zero attached hydrogens (tertiary/aromatic N) is 2. The van der Waals surface area contributed by atoms with Crippen molar-refractivity contribution in [2.45, 2.75) is 31.8 Å². The number of carbonyl (C=O) groups is 1. The van der Waals surface area contributed by atoms with Gasteiger partial charge in [-0.3, -0.25) is 9.59 Å². The summed E-state index contributed by atoms with van der Waals surface area (Å²) in [6, 6.07) is 12.4. The summed E-state index contributed by atoms with van der Waals surface area (Å²) in [5.74, 6) is 1.02. The van der Waals surface area contributed by atoms with Gasteiger partial charge in [-0.1, -0.05) is 53.2 Å². The summed E-state index contributed by atoms with van der Waals surface area (Å²) in [4.78, 5) is 26.1. The Bertz CT molecular complexity index is 1470. The third kappa shape index (κ3) is 3.68. The normalized spacial score (nSPS) is 17.7. The van der Waals surface area contributed by atoms with Crippen LogP contribution in [0.2, 0.25) is 5.02 Å². The summed E-state index contributed by atoms with van der Waals surface area (Å²) >= 11 is 6.49. The van der Waals surface area contributed by atoms with Gasteiger partial charge in [0.25, 0.3) is 5.56 Å². The third-order valence-corrected chi connectivity index (χ3v) is 6.38. The molecule has 2 unspecified atom stereocenters. The van der Waals surface area contributed by atoms with Gasteiger partial charge in [0.05, 0.1) is 30.1 Å². The molecule has 0 radical (unpaired) electrons. The van der Waals surface area contributed by atoms with Gasteiger partial charge < -0.3 is 19.1 Å². The Labute approximate surface area is 194 Å². The highest BCUT2D eigenvalue weighted by molar-refractivity contribution is 6.37. The second-order valence-corrected chi connectivity index (χ2v) is 8.53. The van der Waals surface area contributed by atoms with Gasteiger partial charge in [0, 0.05) is 17.0 Å². The van der Waals surface area contributed by atoms with Crippen molar-refractivity contribution >= 4 is 39.3 Å². The third-order valence-electron chi connectivity index (χ3n) is 6.07. The molecule has 2 heterocycles. The number of allylic oxidation sites excluding steroid dienone is 1. The number of para-hydroxylation sites is 1. The molecule has 1 N–H and O–H groups in total. The van der Waals surface area contributed by atoms with Crippen molar-refractivity contribution < 1.29 is 14.1 Å². The Morgan fingerprint density at radius 2 is 2.03 bits per heavy atom. The zero-order valence-corrected chi connectivity index (χ0v) is 18.9. The van der Waals surface area contributed by atoms with Crippen LogP contribution in [0.4, 0.5) is 0 Å². The molecule has 1 aliphatic carbocycles. The lowest BCUT2D eigenvalue weighted by Crippen LogP contribution is -2.35. The summed E-state index contributed by atoms with van der Waals surface area (Å²) in [7, 11) is 1.59. The van der Waals surface area contributed by atoms with E-state index in [-0.39, 0.29) is 30.0 Å². The van der Waals surface area contributed by atoms with Crippen LogP contribution in [0, 0.1) is 6.92 Å². The van der Waals surface area contributed by atoms with E-state index >= 15 is 0 Å². The van der Waals surface area contributed by atoms with E-state index < -0.39 is 0 Å². The lowest BCUT2D eigenvalue weighted by atomic mass is 10.1. The predicted octanol–water partition coefficient (Wildman–Crippen LogP) is 4.34. The predicted molar refractivity (Wildman–Crippen MR) is 127 cm³/mol. The molecule has 0 saturated carbocycles. The molecule has 7 nitrogen and oxygen atoms in total. The number of nitrogens with one attached hydrogen (secondary N) is 1. The second-order valence-electron chi connectivity index (χ2n) is 8.12. The zero-order chi connectivity index (χ0) is 23.1. The minimum absolute atomic E-state index is 0.111. The summed E-state index contributed by atoms with van der Waals surface area (Å²) in [5.41, 5.74) is 1.79. The molecule has 4 aromatic rings. The van der Waals surface area contributed by atoms with E-state index in [9.17, 15) is 9.59 Å². The van der Waals surface area contributed by atoms with Gasteiger partial charge >= 0.3 is 0 Å². The van der Waals surface area contributed by atoms with Gasteiger partial charge in [0.2, 0.25) is 5.91 Å². The van der Waals surface area contributed by atoms with Crippen LogP contribution in [0.15, 0.2) is 63.9 Å². The highest BCUT2D eigenvalue weighted by atomic mass is 35.5. The lowest BCUT2D eigenvalue weighted by Gasteiger charge is -2.19. The number of hydrogen-bond acceptors (Lipinski definition) is 5. The van der Waals surface area contributed by atoms with E-state index in [2.05, 4.69) is 10.5 Å². The van der Waals surface area contributed by atoms with Crippen molar-refractivity contribution in [1.29, 1.82) is 0 Å². The molecule has 0 fully saturated rings. The number of hydrogen-bond donors (Lipinski definition) is 1. The number of carbonyl (C=O) groups excluding carboxylic acids is 1. The van der Waals surface area contributed by atoms with Crippen LogP contribution >= 0.6 is 11.6 Å². The smallest absolute Gasteiger partial charge is 0.264 e. The van der Waals surface area contributed by atoms with E-state index in [0.717, 1.165) is 5.56 Å². The van der Waals surface area contributed by atoms with Crippen molar-refractivity contribution in [2.24, 2.45) is 0 Å².